The van der Waals surface area contributed by atoms with Gasteiger partial charge in [-0.05, 0) is 32.3 Å². The second-order valence-corrected chi connectivity index (χ2v) is 8.05. The van der Waals surface area contributed by atoms with Crippen molar-refractivity contribution in [2.75, 3.05) is 63.9 Å². The van der Waals surface area contributed by atoms with Gasteiger partial charge in [-0.3, -0.25) is 9.89 Å². The first-order valence-corrected chi connectivity index (χ1v) is 11.7. The predicted molar refractivity (Wildman–Crippen MR) is 122 cm³/mol. The Morgan fingerprint density at radius 2 is 1.87 bits per heavy atom. The summed E-state index contributed by atoms with van der Waals surface area (Å²) in [6.45, 7) is 10.5. The molecule has 2 N–H and O–H groups in total. The molecule has 8 heteroatoms. The Balaban J connectivity index is 1.28. The Kier molecular flexibility index (Phi) is 10.2. The number of anilines is 1. The zero-order valence-electron chi connectivity index (χ0n) is 18.6. The van der Waals surface area contributed by atoms with Crippen molar-refractivity contribution in [2.45, 2.75) is 51.6 Å². The fourth-order valence-electron chi connectivity index (χ4n) is 4.04. The highest BCUT2D eigenvalue weighted by Crippen LogP contribution is 2.20. The van der Waals surface area contributed by atoms with Gasteiger partial charge in [0.2, 0.25) is 5.95 Å². The number of nitrogens with one attached hydrogen (secondary N) is 2. The quantitative estimate of drug-likeness (QED) is 0.342. The summed E-state index contributed by atoms with van der Waals surface area (Å²) in [5.41, 5.74) is 0. The van der Waals surface area contributed by atoms with Gasteiger partial charge in [-0.2, -0.15) is 0 Å². The lowest BCUT2D eigenvalue weighted by molar-refractivity contribution is 0.0281. The summed E-state index contributed by atoms with van der Waals surface area (Å²) in [4.78, 5) is 18.1. The van der Waals surface area contributed by atoms with E-state index >= 15 is 0 Å². The van der Waals surface area contributed by atoms with Crippen molar-refractivity contribution < 1.29 is 4.74 Å². The van der Waals surface area contributed by atoms with Gasteiger partial charge in [0.15, 0.2) is 5.96 Å². The minimum Gasteiger partial charge on any atom is -0.378 e. The molecule has 8 nitrogen and oxygen atoms in total. The number of nitrogens with zero attached hydrogens (tertiary/aromatic N) is 5. The molecular formula is C22H39N7O. The highest BCUT2D eigenvalue weighted by Gasteiger charge is 2.18. The SMILES string of the molecule is CCNC(=NCCCOC1CCCCC1)NCCN1CCN(c2ncccn2)CC1. The summed E-state index contributed by atoms with van der Waals surface area (Å²) in [7, 11) is 0. The lowest BCUT2D eigenvalue weighted by atomic mass is 9.98. The summed E-state index contributed by atoms with van der Waals surface area (Å²) < 4.78 is 6.00. The van der Waals surface area contributed by atoms with Crippen molar-refractivity contribution >= 4 is 11.9 Å². The number of guanidine groups is 1. The molecule has 2 aliphatic rings. The van der Waals surface area contributed by atoms with E-state index in [-0.39, 0.29) is 0 Å². The Labute approximate surface area is 181 Å². The largest absolute Gasteiger partial charge is 0.378 e. The number of rotatable bonds is 10. The van der Waals surface area contributed by atoms with E-state index in [1.165, 1.54) is 32.1 Å². The van der Waals surface area contributed by atoms with Gasteiger partial charge in [-0.25, -0.2) is 9.97 Å². The van der Waals surface area contributed by atoms with Crippen LogP contribution in [0.3, 0.4) is 0 Å². The minimum absolute atomic E-state index is 0.489. The van der Waals surface area contributed by atoms with Crippen LogP contribution in [-0.4, -0.2) is 85.9 Å². The van der Waals surface area contributed by atoms with Crippen molar-refractivity contribution in [1.82, 2.24) is 25.5 Å². The molecule has 3 rings (SSSR count). The van der Waals surface area contributed by atoms with Gasteiger partial charge < -0.3 is 20.3 Å². The smallest absolute Gasteiger partial charge is 0.225 e. The van der Waals surface area contributed by atoms with Crippen LogP contribution in [0.2, 0.25) is 0 Å². The predicted octanol–water partition coefficient (Wildman–Crippen LogP) is 1.89. The second-order valence-electron chi connectivity index (χ2n) is 8.05. The van der Waals surface area contributed by atoms with E-state index in [1.54, 1.807) is 0 Å². The molecule has 0 aromatic carbocycles. The van der Waals surface area contributed by atoms with Crippen LogP contribution in [0.4, 0.5) is 5.95 Å². The van der Waals surface area contributed by atoms with E-state index in [1.807, 2.05) is 18.5 Å². The number of hydrogen-bond acceptors (Lipinski definition) is 6. The van der Waals surface area contributed by atoms with Crippen molar-refractivity contribution in [2.24, 2.45) is 4.99 Å². The highest BCUT2D eigenvalue weighted by atomic mass is 16.5. The zero-order valence-corrected chi connectivity index (χ0v) is 18.6. The Morgan fingerprint density at radius 3 is 2.60 bits per heavy atom. The van der Waals surface area contributed by atoms with Crippen LogP contribution in [0, 0.1) is 0 Å². The van der Waals surface area contributed by atoms with Gasteiger partial charge in [0.25, 0.3) is 0 Å². The molecule has 0 unspecified atom stereocenters. The molecule has 0 amide bonds. The minimum atomic E-state index is 0.489. The van der Waals surface area contributed by atoms with Crippen LogP contribution in [0.1, 0.15) is 45.4 Å². The number of aromatic nitrogens is 2. The lowest BCUT2D eigenvalue weighted by Gasteiger charge is -2.34. The average molecular weight is 418 g/mol. The topological polar surface area (TPSA) is 77.9 Å². The molecule has 1 aliphatic carbocycles. The maximum atomic E-state index is 6.00. The summed E-state index contributed by atoms with van der Waals surface area (Å²) in [5.74, 6) is 1.75. The summed E-state index contributed by atoms with van der Waals surface area (Å²) in [5, 5.41) is 6.81. The number of piperazine rings is 1. The van der Waals surface area contributed by atoms with Crippen LogP contribution in [0.25, 0.3) is 0 Å². The summed E-state index contributed by atoms with van der Waals surface area (Å²) >= 11 is 0. The van der Waals surface area contributed by atoms with E-state index < -0.39 is 0 Å². The molecule has 0 atom stereocenters. The Hall–Kier alpha value is -1.93. The van der Waals surface area contributed by atoms with Crippen LogP contribution < -0.4 is 15.5 Å². The Morgan fingerprint density at radius 1 is 1.10 bits per heavy atom. The first kappa shape index (κ1) is 22.7. The van der Waals surface area contributed by atoms with E-state index in [0.29, 0.717) is 6.10 Å². The molecule has 0 spiro atoms. The van der Waals surface area contributed by atoms with Gasteiger partial charge in [0.05, 0.1) is 6.10 Å². The molecule has 2 fully saturated rings. The standard InChI is InChI=1S/C22H39N7O/c1-2-23-21(24-12-7-19-30-20-8-4-3-5-9-20)25-13-14-28-15-17-29(18-16-28)22-26-10-6-11-27-22/h6,10-11,20H,2-5,7-9,12-19H2,1H3,(H2,23,24,25). The fraction of sp³-hybridized carbons (Fsp3) is 0.773. The third-order valence-corrected chi connectivity index (χ3v) is 5.75. The molecule has 1 aromatic heterocycles. The lowest BCUT2D eigenvalue weighted by Crippen LogP contribution is -2.49. The van der Waals surface area contributed by atoms with Crippen molar-refractivity contribution in [3.8, 4) is 0 Å². The molecule has 1 aromatic rings. The monoisotopic (exact) mass is 417 g/mol. The van der Waals surface area contributed by atoms with E-state index in [9.17, 15) is 0 Å². The molecule has 168 valence electrons. The van der Waals surface area contributed by atoms with Crippen LogP contribution in [0.15, 0.2) is 23.5 Å². The van der Waals surface area contributed by atoms with Crippen LogP contribution in [-0.2, 0) is 4.74 Å². The fourth-order valence-corrected chi connectivity index (χ4v) is 4.04. The first-order valence-electron chi connectivity index (χ1n) is 11.7. The van der Waals surface area contributed by atoms with E-state index in [0.717, 1.165) is 77.3 Å². The highest BCUT2D eigenvalue weighted by molar-refractivity contribution is 5.79. The summed E-state index contributed by atoms with van der Waals surface area (Å²) in [6.07, 6.45) is 11.6. The van der Waals surface area contributed by atoms with Crippen LogP contribution >= 0.6 is 0 Å². The van der Waals surface area contributed by atoms with Gasteiger partial charge in [0, 0.05) is 71.4 Å². The van der Waals surface area contributed by atoms with Gasteiger partial charge in [-0.1, -0.05) is 19.3 Å². The third kappa shape index (κ3) is 8.07. The van der Waals surface area contributed by atoms with Crippen molar-refractivity contribution in [3.63, 3.8) is 0 Å². The van der Waals surface area contributed by atoms with E-state index in [2.05, 4.69) is 37.3 Å². The molecular weight excluding hydrogens is 378 g/mol. The number of hydrogen-bond donors (Lipinski definition) is 2. The average Bonchev–Trinajstić information content (AvgIpc) is 2.80. The van der Waals surface area contributed by atoms with E-state index in [4.69, 9.17) is 9.73 Å². The first-order chi connectivity index (χ1) is 14.8. The second kappa shape index (κ2) is 13.4. The van der Waals surface area contributed by atoms with Gasteiger partial charge in [-0.15, -0.1) is 0 Å². The maximum absolute atomic E-state index is 6.00. The normalized spacial score (nSPS) is 19.1. The third-order valence-electron chi connectivity index (χ3n) is 5.75. The number of aliphatic imine (C=N–C) groups is 1. The van der Waals surface area contributed by atoms with Crippen LogP contribution in [0.5, 0.6) is 0 Å². The Bertz CT molecular complexity index is 599. The van der Waals surface area contributed by atoms with Gasteiger partial charge in [0.1, 0.15) is 0 Å². The molecule has 0 radical (unpaired) electrons. The molecule has 2 heterocycles. The molecule has 1 saturated carbocycles. The van der Waals surface area contributed by atoms with Gasteiger partial charge >= 0.3 is 0 Å². The molecule has 0 bridgehead atoms. The zero-order chi connectivity index (χ0) is 20.9. The summed E-state index contributed by atoms with van der Waals surface area (Å²) in [6, 6.07) is 1.86. The molecule has 30 heavy (non-hydrogen) atoms. The van der Waals surface area contributed by atoms with Crippen molar-refractivity contribution in [3.05, 3.63) is 18.5 Å². The van der Waals surface area contributed by atoms with Crippen molar-refractivity contribution in [1.29, 1.82) is 0 Å². The molecule has 1 saturated heterocycles. The maximum Gasteiger partial charge on any atom is 0.225 e. The number of ether oxygens (including phenoxy) is 1. The molecule has 1 aliphatic heterocycles.